The Labute approximate surface area is 198 Å². The smallest absolute Gasteiger partial charge is 0.293 e. The summed E-state index contributed by atoms with van der Waals surface area (Å²) in [5.41, 5.74) is 2.18. The van der Waals surface area contributed by atoms with E-state index < -0.39 is 4.92 Å². The maximum absolute atomic E-state index is 12.9. The fraction of sp³-hybridized carbons (Fsp3) is 0.0833. The number of carbonyl (C=O) groups is 2. The van der Waals surface area contributed by atoms with E-state index in [0.29, 0.717) is 21.2 Å². The van der Waals surface area contributed by atoms with Crippen molar-refractivity contribution in [2.24, 2.45) is 0 Å². The number of thioether (sulfide) groups is 1. The molecule has 0 unspecified atom stereocenters. The third-order valence-corrected chi connectivity index (χ3v) is 5.99. The molecular weight excluding hydrogens is 464 g/mol. The monoisotopic (exact) mass is 480 g/mol. The molecule has 3 aromatic rings. The van der Waals surface area contributed by atoms with E-state index in [0.717, 1.165) is 22.9 Å². The number of halogens is 1. The largest absolute Gasteiger partial charge is 0.488 e. The van der Waals surface area contributed by atoms with Gasteiger partial charge in [-0.3, -0.25) is 24.6 Å². The summed E-state index contributed by atoms with van der Waals surface area (Å²) in [6.07, 6.45) is 1.63. The van der Waals surface area contributed by atoms with Crippen molar-refractivity contribution in [3.8, 4) is 5.75 Å². The van der Waals surface area contributed by atoms with Crippen LogP contribution in [0.2, 0.25) is 5.02 Å². The van der Waals surface area contributed by atoms with Crippen molar-refractivity contribution in [3.63, 3.8) is 0 Å². The molecule has 3 aromatic carbocycles. The zero-order chi connectivity index (χ0) is 23.4. The van der Waals surface area contributed by atoms with Crippen molar-refractivity contribution < 1.29 is 19.2 Å². The Morgan fingerprint density at radius 3 is 2.48 bits per heavy atom. The molecule has 0 aliphatic carbocycles. The standard InChI is InChI=1S/C24H17ClN2O5S/c25-19-6-3-4-17(12-19)14-26-23(28)22(33-24(26)29)13-18-5-1-2-7-21(18)32-15-16-8-10-20(11-9-16)27(30)31/h1-13H,14-15H2/b22-13-. The molecule has 166 valence electrons. The molecule has 2 amide bonds. The highest BCUT2D eigenvalue weighted by molar-refractivity contribution is 8.18. The van der Waals surface area contributed by atoms with Crippen molar-refractivity contribution in [3.05, 3.63) is 110 Å². The van der Waals surface area contributed by atoms with Crippen molar-refractivity contribution in [1.29, 1.82) is 0 Å². The average Bonchev–Trinajstić information content (AvgIpc) is 3.06. The van der Waals surface area contributed by atoms with Crippen LogP contribution in [0.3, 0.4) is 0 Å². The number of nitro groups is 1. The summed E-state index contributed by atoms with van der Waals surface area (Å²) in [6, 6.07) is 20.3. The third kappa shape index (κ3) is 5.42. The van der Waals surface area contributed by atoms with Gasteiger partial charge in [0.25, 0.3) is 16.8 Å². The zero-order valence-corrected chi connectivity index (χ0v) is 18.7. The molecule has 1 heterocycles. The number of hydrogen-bond donors (Lipinski definition) is 0. The fourth-order valence-electron chi connectivity index (χ4n) is 3.20. The summed E-state index contributed by atoms with van der Waals surface area (Å²) >= 11 is 6.88. The minimum atomic E-state index is -0.459. The van der Waals surface area contributed by atoms with E-state index in [-0.39, 0.29) is 30.0 Å². The molecule has 4 rings (SSSR count). The van der Waals surface area contributed by atoms with E-state index in [2.05, 4.69) is 0 Å². The first-order chi connectivity index (χ1) is 15.9. The van der Waals surface area contributed by atoms with Gasteiger partial charge in [-0.05, 0) is 59.3 Å². The molecular formula is C24H17ClN2O5S. The van der Waals surface area contributed by atoms with E-state index in [1.54, 1.807) is 66.7 Å². The number of para-hydroxylation sites is 1. The first-order valence-corrected chi connectivity index (χ1v) is 11.0. The van der Waals surface area contributed by atoms with Gasteiger partial charge in [0.05, 0.1) is 16.4 Å². The second kappa shape index (κ2) is 9.89. The summed E-state index contributed by atoms with van der Waals surface area (Å²) in [5.74, 6) is 0.146. The Kier molecular flexibility index (Phi) is 6.76. The van der Waals surface area contributed by atoms with Gasteiger partial charge in [0, 0.05) is 22.7 Å². The molecule has 0 atom stereocenters. The maximum Gasteiger partial charge on any atom is 0.293 e. The normalized spacial score (nSPS) is 14.7. The van der Waals surface area contributed by atoms with Crippen LogP contribution in [0.25, 0.3) is 6.08 Å². The highest BCUT2D eigenvalue weighted by atomic mass is 35.5. The lowest BCUT2D eigenvalue weighted by atomic mass is 10.1. The molecule has 0 aromatic heterocycles. The van der Waals surface area contributed by atoms with Crippen LogP contribution in [-0.4, -0.2) is 21.0 Å². The van der Waals surface area contributed by atoms with Gasteiger partial charge in [-0.15, -0.1) is 0 Å². The van der Waals surface area contributed by atoms with E-state index in [1.807, 2.05) is 0 Å². The topological polar surface area (TPSA) is 89.7 Å². The van der Waals surface area contributed by atoms with Crippen LogP contribution >= 0.6 is 23.4 Å². The fourth-order valence-corrected chi connectivity index (χ4v) is 4.24. The van der Waals surface area contributed by atoms with E-state index in [1.165, 1.54) is 17.0 Å². The van der Waals surface area contributed by atoms with Gasteiger partial charge in [0.2, 0.25) is 0 Å². The molecule has 7 nitrogen and oxygen atoms in total. The number of benzene rings is 3. The summed E-state index contributed by atoms with van der Waals surface area (Å²) in [6.45, 7) is 0.333. The Balaban J connectivity index is 1.49. The van der Waals surface area contributed by atoms with Crippen LogP contribution in [0, 0.1) is 10.1 Å². The van der Waals surface area contributed by atoms with Crippen LogP contribution < -0.4 is 4.74 Å². The molecule has 0 spiro atoms. The van der Waals surface area contributed by atoms with Crippen LogP contribution in [0.15, 0.2) is 77.7 Å². The molecule has 1 aliphatic heterocycles. The molecule has 9 heteroatoms. The molecule has 33 heavy (non-hydrogen) atoms. The minimum Gasteiger partial charge on any atom is -0.488 e. The van der Waals surface area contributed by atoms with Crippen molar-refractivity contribution >= 4 is 46.3 Å². The van der Waals surface area contributed by atoms with Crippen LogP contribution in [0.1, 0.15) is 16.7 Å². The number of rotatable bonds is 7. The number of ether oxygens (including phenoxy) is 1. The highest BCUT2D eigenvalue weighted by Crippen LogP contribution is 2.35. The van der Waals surface area contributed by atoms with Crippen molar-refractivity contribution in [1.82, 2.24) is 4.90 Å². The summed E-state index contributed by atoms with van der Waals surface area (Å²) in [4.78, 5) is 37.2. The number of hydrogen-bond acceptors (Lipinski definition) is 6. The van der Waals surface area contributed by atoms with Gasteiger partial charge in [-0.2, -0.15) is 0 Å². The second-order valence-corrected chi connectivity index (χ2v) is 8.58. The Morgan fingerprint density at radius 1 is 1.00 bits per heavy atom. The molecule has 1 fully saturated rings. The lowest BCUT2D eigenvalue weighted by Gasteiger charge is -2.12. The van der Waals surface area contributed by atoms with Crippen LogP contribution in [-0.2, 0) is 17.9 Å². The second-order valence-electron chi connectivity index (χ2n) is 7.15. The Hall–Kier alpha value is -3.62. The van der Waals surface area contributed by atoms with Gasteiger partial charge < -0.3 is 4.74 Å². The highest BCUT2D eigenvalue weighted by Gasteiger charge is 2.35. The first-order valence-electron chi connectivity index (χ1n) is 9.86. The van der Waals surface area contributed by atoms with Crippen molar-refractivity contribution in [2.45, 2.75) is 13.2 Å². The number of carbonyl (C=O) groups excluding carboxylic acids is 2. The molecule has 0 radical (unpaired) electrons. The third-order valence-electron chi connectivity index (χ3n) is 4.85. The molecule has 0 N–H and O–H groups in total. The SMILES string of the molecule is O=C1S/C(=C\c2ccccc2OCc2ccc([N+](=O)[O-])cc2)C(=O)N1Cc1cccc(Cl)c1. The van der Waals surface area contributed by atoms with E-state index in [9.17, 15) is 19.7 Å². The predicted molar refractivity (Wildman–Crippen MR) is 127 cm³/mol. The van der Waals surface area contributed by atoms with Gasteiger partial charge in [-0.1, -0.05) is 41.9 Å². The Morgan fingerprint density at radius 2 is 1.76 bits per heavy atom. The summed E-state index contributed by atoms with van der Waals surface area (Å²) in [7, 11) is 0. The first kappa shape index (κ1) is 22.6. The van der Waals surface area contributed by atoms with E-state index in [4.69, 9.17) is 16.3 Å². The lowest BCUT2D eigenvalue weighted by Crippen LogP contribution is -2.27. The molecule has 1 saturated heterocycles. The Bertz CT molecular complexity index is 1260. The van der Waals surface area contributed by atoms with Gasteiger partial charge in [-0.25, -0.2) is 0 Å². The molecule has 1 aliphatic rings. The number of nitrogens with zero attached hydrogens (tertiary/aromatic N) is 2. The van der Waals surface area contributed by atoms with Crippen LogP contribution in [0.4, 0.5) is 10.5 Å². The number of imide groups is 1. The van der Waals surface area contributed by atoms with Gasteiger partial charge in [0.1, 0.15) is 12.4 Å². The minimum absolute atomic E-state index is 0.00708. The average molecular weight is 481 g/mol. The number of amides is 2. The quantitative estimate of drug-likeness (QED) is 0.232. The van der Waals surface area contributed by atoms with Crippen LogP contribution in [0.5, 0.6) is 5.75 Å². The molecule has 0 saturated carbocycles. The number of non-ortho nitro benzene ring substituents is 1. The van der Waals surface area contributed by atoms with Gasteiger partial charge in [0.15, 0.2) is 0 Å². The summed E-state index contributed by atoms with van der Waals surface area (Å²) < 4.78 is 5.88. The predicted octanol–water partition coefficient (Wildman–Crippen LogP) is 6.06. The lowest BCUT2D eigenvalue weighted by molar-refractivity contribution is -0.384. The zero-order valence-electron chi connectivity index (χ0n) is 17.1. The van der Waals surface area contributed by atoms with Crippen molar-refractivity contribution in [2.75, 3.05) is 0 Å². The maximum atomic E-state index is 12.9. The molecule has 0 bridgehead atoms. The number of nitro benzene ring substituents is 1. The summed E-state index contributed by atoms with van der Waals surface area (Å²) in [5, 5.41) is 11.0. The van der Waals surface area contributed by atoms with Gasteiger partial charge >= 0.3 is 0 Å². The van der Waals surface area contributed by atoms with E-state index >= 15 is 0 Å².